The van der Waals surface area contributed by atoms with Gasteiger partial charge in [-0.2, -0.15) is 4.99 Å². The molecule has 148 valence electrons. The minimum Gasteiger partial charge on any atom is -0.494 e. The molecular formula is C21H24N2O3S2. The summed E-state index contributed by atoms with van der Waals surface area (Å²) < 4.78 is 14.2. The minimum absolute atomic E-state index is 0.238. The summed E-state index contributed by atoms with van der Waals surface area (Å²) in [5.74, 6) is 0.580. The maximum Gasteiger partial charge on any atom is 0.279 e. The molecule has 0 saturated heterocycles. The first-order chi connectivity index (χ1) is 13.7. The number of rotatable bonds is 8. The van der Waals surface area contributed by atoms with Crippen molar-refractivity contribution in [2.45, 2.75) is 25.3 Å². The molecule has 5 nitrogen and oxygen atoms in total. The highest BCUT2D eigenvalue weighted by Gasteiger charge is 2.11. The summed E-state index contributed by atoms with van der Waals surface area (Å²) in [5, 5.41) is 0. The van der Waals surface area contributed by atoms with Gasteiger partial charge in [0.15, 0.2) is 4.80 Å². The number of carbonyl (C=O) groups excluding carboxylic acids is 1. The van der Waals surface area contributed by atoms with E-state index in [-0.39, 0.29) is 5.91 Å². The average Bonchev–Trinajstić information content (AvgIpc) is 3.05. The summed E-state index contributed by atoms with van der Waals surface area (Å²) >= 11 is 3.10. The van der Waals surface area contributed by atoms with Crippen molar-refractivity contribution in [1.82, 2.24) is 4.57 Å². The number of fused-ring (bicyclic) bond motifs is 1. The lowest BCUT2D eigenvalue weighted by Gasteiger charge is -2.06. The van der Waals surface area contributed by atoms with E-state index in [9.17, 15) is 4.79 Å². The molecule has 7 heteroatoms. The van der Waals surface area contributed by atoms with Gasteiger partial charge in [0.05, 0.1) is 23.4 Å². The number of thiazole rings is 1. The first-order valence-electron chi connectivity index (χ1n) is 9.23. The minimum atomic E-state index is -0.238. The summed E-state index contributed by atoms with van der Waals surface area (Å²) in [6.45, 7) is 6.41. The van der Waals surface area contributed by atoms with Crippen LogP contribution in [0.5, 0.6) is 5.75 Å². The SMILES string of the molecule is CCOCCn1c(=NC(=O)c2cccc(SC)c2)sc2cc(OCC)ccc21. The Morgan fingerprint density at radius 1 is 1.18 bits per heavy atom. The van der Waals surface area contributed by atoms with Gasteiger partial charge in [0.1, 0.15) is 5.75 Å². The lowest BCUT2D eigenvalue weighted by atomic mass is 10.2. The zero-order valence-electron chi connectivity index (χ0n) is 16.3. The molecule has 0 aliphatic carbocycles. The number of carbonyl (C=O) groups is 1. The van der Waals surface area contributed by atoms with Gasteiger partial charge < -0.3 is 14.0 Å². The molecule has 1 aromatic heterocycles. The fraction of sp³-hybridized carbons (Fsp3) is 0.333. The molecule has 0 atom stereocenters. The van der Waals surface area contributed by atoms with Crippen LogP contribution in [0.15, 0.2) is 52.4 Å². The zero-order chi connectivity index (χ0) is 19.9. The van der Waals surface area contributed by atoms with Gasteiger partial charge in [0.25, 0.3) is 5.91 Å². The molecule has 0 saturated carbocycles. The molecule has 0 aliphatic rings. The standard InChI is InChI=1S/C21H24N2O3S2/c1-4-25-12-11-23-18-10-9-16(26-5-2)14-19(18)28-21(23)22-20(24)15-7-6-8-17(13-15)27-3/h6-10,13-14H,4-5,11-12H2,1-3H3. The Labute approximate surface area is 173 Å². The third kappa shape index (κ3) is 4.84. The molecular weight excluding hydrogens is 392 g/mol. The Balaban J connectivity index is 2.04. The Morgan fingerprint density at radius 3 is 2.79 bits per heavy atom. The quantitative estimate of drug-likeness (QED) is 0.398. The van der Waals surface area contributed by atoms with E-state index in [1.165, 1.54) is 11.3 Å². The van der Waals surface area contributed by atoms with Crippen molar-refractivity contribution in [3.8, 4) is 5.75 Å². The van der Waals surface area contributed by atoms with E-state index in [4.69, 9.17) is 9.47 Å². The van der Waals surface area contributed by atoms with Crippen molar-refractivity contribution >= 4 is 39.2 Å². The molecule has 1 heterocycles. The molecule has 0 N–H and O–H groups in total. The van der Waals surface area contributed by atoms with Crippen molar-refractivity contribution in [1.29, 1.82) is 0 Å². The van der Waals surface area contributed by atoms with Crippen molar-refractivity contribution in [3.63, 3.8) is 0 Å². The molecule has 2 aromatic carbocycles. The number of ether oxygens (including phenoxy) is 2. The van der Waals surface area contributed by atoms with Gasteiger partial charge >= 0.3 is 0 Å². The fourth-order valence-electron chi connectivity index (χ4n) is 2.82. The number of benzene rings is 2. The molecule has 0 spiro atoms. The van der Waals surface area contributed by atoms with E-state index in [1.807, 2.05) is 61.1 Å². The van der Waals surface area contributed by atoms with Gasteiger partial charge in [-0.1, -0.05) is 17.4 Å². The van der Waals surface area contributed by atoms with Gasteiger partial charge in [-0.3, -0.25) is 4.79 Å². The lowest BCUT2D eigenvalue weighted by Crippen LogP contribution is -2.19. The molecule has 3 rings (SSSR count). The molecule has 0 bridgehead atoms. The third-order valence-electron chi connectivity index (χ3n) is 4.14. The maximum atomic E-state index is 12.8. The summed E-state index contributed by atoms with van der Waals surface area (Å²) in [7, 11) is 0. The molecule has 1 amide bonds. The maximum absolute atomic E-state index is 12.8. The van der Waals surface area contributed by atoms with Gasteiger partial charge in [-0.15, -0.1) is 11.8 Å². The van der Waals surface area contributed by atoms with Gasteiger partial charge in [-0.25, -0.2) is 0 Å². The highest BCUT2D eigenvalue weighted by molar-refractivity contribution is 7.98. The summed E-state index contributed by atoms with van der Waals surface area (Å²) in [5.41, 5.74) is 1.62. The normalized spacial score (nSPS) is 11.9. The summed E-state index contributed by atoms with van der Waals surface area (Å²) in [4.78, 5) is 18.9. The van der Waals surface area contributed by atoms with Crippen LogP contribution in [-0.4, -0.2) is 36.6 Å². The summed E-state index contributed by atoms with van der Waals surface area (Å²) in [6, 6.07) is 13.5. The Hall–Kier alpha value is -2.09. The van der Waals surface area contributed by atoms with Crippen LogP contribution in [-0.2, 0) is 11.3 Å². The number of hydrogen-bond donors (Lipinski definition) is 0. The van der Waals surface area contributed by atoms with Crippen LogP contribution in [0, 0.1) is 0 Å². The Bertz CT molecular complexity index is 1020. The van der Waals surface area contributed by atoms with Gasteiger partial charge in [0, 0.05) is 23.6 Å². The Morgan fingerprint density at radius 2 is 2.04 bits per heavy atom. The predicted octanol–water partition coefficient (Wildman–Crippen LogP) is 4.60. The van der Waals surface area contributed by atoms with Gasteiger partial charge in [0.2, 0.25) is 0 Å². The molecule has 0 fully saturated rings. The lowest BCUT2D eigenvalue weighted by molar-refractivity contribution is 0.0996. The molecule has 3 aromatic rings. The predicted molar refractivity (Wildman–Crippen MR) is 116 cm³/mol. The number of nitrogens with zero attached hydrogens (tertiary/aromatic N) is 2. The molecule has 0 aliphatic heterocycles. The molecule has 0 radical (unpaired) electrons. The molecule has 28 heavy (non-hydrogen) atoms. The second kappa shape index (κ2) is 9.91. The first-order valence-corrected chi connectivity index (χ1v) is 11.3. The number of aromatic nitrogens is 1. The highest BCUT2D eigenvalue weighted by Crippen LogP contribution is 2.24. The molecule has 0 unspecified atom stereocenters. The summed E-state index contributed by atoms with van der Waals surface area (Å²) in [6.07, 6.45) is 1.99. The van der Waals surface area contributed by atoms with Crippen molar-refractivity contribution < 1.29 is 14.3 Å². The van der Waals surface area contributed by atoms with Crippen molar-refractivity contribution in [3.05, 3.63) is 52.8 Å². The number of hydrogen-bond acceptors (Lipinski definition) is 5. The van der Waals surface area contributed by atoms with Crippen LogP contribution in [0.3, 0.4) is 0 Å². The van der Waals surface area contributed by atoms with Crippen LogP contribution in [0.2, 0.25) is 0 Å². The number of thioether (sulfide) groups is 1. The van der Waals surface area contributed by atoms with E-state index in [0.29, 0.717) is 36.7 Å². The second-order valence-electron chi connectivity index (χ2n) is 5.94. The van der Waals surface area contributed by atoms with Crippen molar-refractivity contribution in [2.24, 2.45) is 4.99 Å². The Kier molecular flexibility index (Phi) is 7.30. The first kappa shape index (κ1) is 20.6. The van der Waals surface area contributed by atoms with E-state index in [1.54, 1.807) is 17.8 Å². The zero-order valence-corrected chi connectivity index (χ0v) is 17.9. The smallest absolute Gasteiger partial charge is 0.279 e. The van der Waals surface area contributed by atoms with Gasteiger partial charge in [-0.05, 0) is 56.5 Å². The fourth-order valence-corrected chi connectivity index (χ4v) is 4.36. The van der Waals surface area contributed by atoms with E-state index in [0.717, 1.165) is 20.9 Å². The van der Waals surface area contributed by atoms with E-state index in [2.05, 4.69) is 4.99 Å². The van der Waals surface area contributed by atoms with Crippen LogP contribution in [0.25, 0.3) is 10.2 Å². The van der Waals surface area contributed by atoms with Crippen LogP contribution < -0.4 is 9.54 Å². The van der Waals surface area contributed by atoms with Crippen LogP contribution >= 0.6 is 23.1 Å². The monoisotopic (exact) mass is 416 g/mol. The van der Waals surface area contributed by atoms with Crippen LogP contribution in [0.1, 0.15) is 24.2 Å². The van der Waals surface area contributed by atoms with E-state index < -0.39 is 0 Å². The number of amides is 1. The largest absolute Gasteiger partial charge is 0.494 e. The average molecular weight is 417 g/mol. The van der Waals surface area contributed by atoms with Crippen molar-refractivity contribution in [2.75, 3.05) is 26.1 Å². The van der Waals surface area contributed by atoms with E-state index >= 15 is 0 Å². The topological polar surface area (TPSA) is 52.8 Å². The highest BCUT2D eigenvalue weighted by atomic mass is 32.2. The van der Waals surface area contributed by atoms with Crippen LogP contribution in [0.4, 0.5) is 0 Å². The second-order valence-corrected chi connectivity index (χ2v) is 7.83. The third-order valence-corrected chi connectivity index (χ3v) is 5.91.